The first-order valence-corrected chi connectivity index (χ1v) is 8.44. The molecule has 0 aliphatic heterocycles. The third-order valence-corrected chi connectivity index (χ3v) is 3.86. The summed E-state index contributed by atoms with van der Waals surface area (Å²) in [5.41, 5.74) is 1.53. The molecule has 2 aromatic carbocycles. The zero-order valence-corrected chi connectivity index (χ0v) is 14.8. The number of rotatable bonds is 5. The Morgan fingerprint density at radius 2 is 1.68 bits per heavy atom. The molecule has 6 nitrogen and oxygen atoms in total. The minimum atomic E-state index is -0.740. The van der Waals surface area contributed by atoms with Crippen molar-refractivity contribution in [3.63, 3.8) is 0 Å². The number of nitrogens with one attached hydrogen (secondary N) is 2. The smallest absolute Gasteiger partial charge is 0.229 e. The van der Waals surface area contributed by atoms with E-state index >= 15 is 0 Å². The van der Waals surface area contributed by atoms with Crippen LogP contribution in [0.4, 0.5) is 32.1 Å². The highest BCUT2D eigenvalue weighted by atomic mass is 19.1. The van der Waals surface area contributed by atoms with Gasteiger partial charge in [0.2, 0.25) is 5.95 Å². The molecule has 2 N–H and O–H groups in total. The second-order valence-electron chi connectivity index (χ2n) is 6.03. The van der Waals surface area contributed by atoms with Gasteiger partial charge in [0.1, 0.15) is 23.2 Å². The van der Waals surface area contributed by atoms with E-state index in [-0.39, 0.29) is 11.6 Å². The number of aromatic nitrogens is 3. The van der Waals surface area contributed by atoms with Gasteiger partial charge >= 0.3 is 0 Å². The Labute approximate surface area is 159 Å². The third-order valence-electron chi connectivity index (χ3n) is 3.86. The molecule has 140 valence electrons. The number of benzene rings is 2. The number of hydrogen-bond donors (Lipinski definition) is 2. The van der Waals surface area contributed by atoms with Crippen molar-refractivity contribution in [2.45, 2.75) is 6.92 Å². The van der Waals surface area contributed by atoms with E-state index in [2.05, 4.69) is 25.8 Å². The van der Waals surface area contributed by atoms with Gasteiger partial charge in [0, 0.05) is 23.8 Å². The van der Waals surface area contributed by atoms with Crippen molar-refractivity contribution in [3.8, 4) is 11.3 Å². The quantitative estimate of drug-likeness (QED) is 0.496. The van der Waals surface area contributed by atoms with Crippen LogP contribution in [0.3, 0.4) is 0 Å². The van der Waals surface area contributed by atoms with Crippen molar-refractivity contribution < 1.29 is 13.3 Å². The van der Waals surface area contributed by atoms with E-state index < -0.39 is 11.6 Å². The minimum absolute atomic E-state index is 0.0647. The highest BCUT2D eigenvalue weighted by molar-refractivity contribution is 5.68. The summed E-state index contributed by atoms with van der Waals surface area (Å²) >= 11 is 0. The van der Waals surface area contributed by atoms with Crippen molar-refractivity contribution in [2.75, 3.05) is 10.6 Å². The summed E-state index contributed by atoms with van der Waals surface area (Å²) in [4.78, 5) is 8.79. The molecule has 0 bridgehead atoms. The molecule has 0 radical (unpaired) electrons. The van der Waals surface area contributed by atoms with Crippen LogP contribution in [0, 0.1) is 18.6 Å². The van der Waals surface area contributed by atoms with Crippen molar-refractivity contribution in [3.05, 3.63) is 78.1 Å². The first-order chi connectivity index (χ1) is 13.6. The van der Waals surface area contributed by atoms with Crippen LogP contribution in [0.2, 0.25) is 0 Å². The average molecular weight is 379 g/mol. The number of nitrogens with zero attached hydrogens (tertiary/aromatic N) is 3. The van der Waals surface area contributed by atoms with E-state index in [4.69, 9.17) is 4.52 Å². The lowest BCUT2D eigenvalue weighted by Crippen LogP contribution is -2.04. The Morgan fingerprint density at radius 1 is 0.857 bits per heavy atom. The van der Waals surface area contributed by atoms with Crippen LogP contribution in [0.5, 0.6) is 0 Å². The van der Waals surface area contributed by atoms with Crippen LogP contribution in [0.1, 0.15) is 5.76 Å². The summed E-state index contributed by atoms with van der Waals surface area (Å²) in [7, 11) is 0. The molecule has 2 aromatic heterocycles. The van der Waals surface area contributed by atoms with Gasteiger partial charge in [-0.3, -0.25) is 0 Å². The molecule has 0 unspecified atom stereocenters. The standard InChI is InChI=1S/C20H15F2N5O/c1-12-9-19(27-28-12)25-18-11-17(13-5-3-2-4-6-13)24-20(26-18)23-16-8-7-14(21)10-15(16)22/h2-11H,1H3,(H2,23,24,25,26,27). The topological polar surface area (TPSA) is 75.9 Å². The normalized spacial score (nSPS) is 10.7. The molecule has 0 saturated heterocycles. The second-order valence-corrected chi connectivity index (χ2v) is 6.03. The third kappa shape index (κ3) is 3.96. The summed E-state index contributed by atoms with van der Waals surface area (Å²) in [6, 6.07) is 16.2. The maximum absolute atomic E-state index is 14.0. The summed E-state index contributed by atoms with van der Waals surface area (Å²) in [5.74, 6) is 0.309. The van der Waals surface area contributed by atoms with Gasteiger partial charge in [-0.05, 0) is 19.1 Å². The Morgan fingerprint density at radius 3 is 2.39 bits per heavy atom. The van der Waals surface area contributed by atoms with E-state index in [1.54, 1.807) is 19.1 Å². The summed E-state index contributed by atoms with van der Waals surface area (Å²) in [6.45, 7) is 1.78. The van der Waals surface area contributed by atoms with E-state index in [0.717, 1.165) is 17.7 Å². The maximum Gasteiger partial charge on any atom is 0.229 e. The van der Waals surface area contributed by atoms with Crippen molar-refractivity contribution >= 4 is 23.3 Å². The molecule has 2 heterocycles. The number of anilines is 4. The van der Waals surface area contributed by atoms with Gasteiger partial charge in [-0.15, -0.1) is 0 Å². The highest BCUT2D eigenvalue weighted by Gasteiger charge is 2.11. The first kappa shape index (κ1) is 17.6. The molecule has 0 aliphatic rings. The Balaban J connectivity index is 1.72. The lowest BCUT2D eigenvalue weighted by Gasteiger charge is -2.11. The van der Waals surface area contributed by atoms with Crippen LogP contribution in [-0.2, 0) is 0 Å². The number of aryl methyl sites for hydroxylation is 1. The Bertz CT molecular complexity index is 1110. The number of hydrogen-bond acceptors (Lipinski definition) is 6. The van der Waals surface area contributed by atoms with Crippen LogP contribution in [-0.4, -0.2) is 15.1 Å². The molecular weight excluding hydrogens is 364 g/mol. The minimum Gasteiger partial charge on any atom is -0.360 e. The molecule has 4 aromatic rings. The maximum atomic E-state index is 14.0. The summed E-state index contributed by atoms with van der Waals surface area (Å²) in [5, 5.41) is 9.71. The SMILES string of the molecule is Cc1cc(Nc2cc(-c3ccccc3)nc(Nc3ccc(F)cc3F)n2)no1. The van der Waals surface area contributed by atoms with Gasteiger partial charge in [-0.2, -0.15) is 4.98 Å². The van der Waals surface area contributed by atoms with E-state index in [9.17, 15) is 8.78 Å². The zero-order valence-electron chi connectivity index (χ0n) is 14.8. The fourth-order valence-corrected chi connectivity index (χ4v) is 2.59. The molecule has 4 rings (SSSR count). The molecule has 0 aliphatic carbocycles. The highest BCUT2D eigenvalue weighted by Crippen LogP contribution is 2.26. The van der Waals surface area contributed by atoms with E-state index in [0.29, 0.717) is 23.1 Å². The lowest BCUT2D eigenvalue weighted by atomic mass is 10.1. The average Bonchev–Trinajstić information content (AvgIpc) is 3.09. The predicted octanol–water partition coefficient (Wildman–Crippen LogP) is 5.21. The lowest BCUT2D eigenvalue weighted by molar-refractivity contribution is 0.400. The van der Waals surface area contributed by atoms with Crippen LogP contribution in [0.15, 0.2) is 65.2 Å². The Kier molecular flexibility index (Phi) is 4.67. The van der Waals surface area contributed by atoms with Crippen molar-refractivity contribution in [2.24, 2.45) is 0 Å². The van der Waals surface area contributed by atoms with Gasteiger partial charge < -0.3 is 15.2 Å². The van der Waals surface area contributed by atoms with E-state index in [1.807, 2.05) is 30.3 Å². The monoisotopic (exact) mass is 379 g/mol. The number of halogens is 2. The molecule has 8 heteroatoms. The fraction of sp³-hybridized carbons (Fsp3) is 0.0500. The van der Waals surface area contributed by atoms with Crippen LogP contribution in [0.25, 0.3) is 11.3 Å². The summed E-state index contributed by atoms with van der Waals surface area (Å²) < 4.78 is 32.2. The Hall–Kier alpha value is -3.81. The van der Waals surface area contributed by atoms with Gasteiger partial charge in [-0.25, -0.2) is 13.8 Å². The fourth-order valence-electron chi connectivity index (χ4n) is 2.59. The first-order valence-electron chi connectivity index (χ1n) is 8.44. The molecule has 0 amide bonds. The van der Waals surface area contributed by atoms with Crippen LogP contribution < -0.4 is 10.6 Å². The largest absolute Gasteiger partial charge is 0.360 e. The van der Waals surface area contributed by atoms with Gasteiger partial charge in [0.15, 0.2) is 5.82 Å². The molecule has 0 fully saturated rings. The van der Waals surface area contributed by atoms with Gasteiger partial charge in [-0.1, -0.05) is 35.5 Å². The predicted molar refractivity (Wildman–Crippen MR) is 102 cm³/mol. The second kappa shape index (κ2) is 7.43. The molecule has 0 saturated carbocycles. The van der Waals surface area contributed by atoms with Gasteiger partial charge in [0.05, 0.1) is 11.4 Å². The van der Waals surface area contributed by atoms with Crippen molar-refractivity contribution in [1.29, 1.82) is 0 Å². The molecule has 0 atom stereocenters. The molecule has 28 heavy (non-hydrogen) atoms. The van der Waals surface area contributed by atoms with Crippen LogP contribution >= 0.6 is 0 Å². The van der Waals surface area contributed by atoms with Gasteiger partial charge in [0.25, 0.3) is 0 Å². The van der Waals surface area contributed by atoms with Crippen molar-refractivity contribution in [1.82, 2.24) is 15.1 Å². The molecular formula is C20H15F2N5O. The zero-order chi connectivity index (χ0) is 19.5. The molecule has 0 spiro atoms. The summed E-state index contributed by atoms with van der Waals surface area (Å²) in [6.07, 6.45) is 0. The van der Waals surface area contributed by atoms with E-state index in [1.165, 1.54) is 6.07 Å².